The Hall–Kier alpha value is -1.33. The van der Waals surface area contributed by atoms with Crippen molar-refractivity contribution in [1.29, 1.82) is 0 Å². The number of rotatable bonds is 5. The Morgan fingerprint density at radius 2 is 2.20 bits per heavy atom. The van der Waals surface area contributed by atoms with Crippen LogP contribution in [0.3, 0.4) is 0 Å². The fraction of sp³-hybridized carbons (Fsp3) is 0.667. The number of likely N-dealkylation sites (tertiary alicyclic amines) is 1. The van der Waals surface area contributed by atoms with Gasteiger partial charge in [-0.15, -0.1) is 0 Å². The van der Waals surface area contributed by atoms with Crippen LogP contribution in [-0.4, -0.2) is 43.2 Å². The quantitative estimate of drug-likeness (QED) is 0.888. The fourth-order valence-corrected chi connectivity index (χ4v) is 2.91. The normalized spacial score (nSPS) is 23.6. The van der Waals surface area contributed by atoms with E-state index in [1.54, 1.807) is 20.4 Å². The van der Waals surface area contributed by atoms with Gasteiger partial charge in [0.15, 0.2) is 11.5 Å². The zero-order chi connectivity index (χ0) is 14.5. The van der Waals surface area contributed by atoms with E-state index in [1.165, 1.54) is 6.42 Å². The maximum atomic E-state index is 5.92. The second-order valence-corrected chi connectivity index (χ2v) is 5.48. The first-order chi connectivity index (χ1) is 9.69. The van der Waals surface area contributed by atoms with Gasteiger partial charge in [0.2, 0.25) is 0 Å². The van der Waals surface area contributed by atoms with Crippen molar-refractivity contribution in [3.8, 4) is 11.5 Å². The maximum absolute atomic E-state index is 5.92. The third-order valence-corrected chi connectivity index (χ3v) is 4.09. The molecule has 0 radical (unpaired) electrons. The molecule has 0 aliphatic carbocycles. The second kappa shape index (κ2) is 6.90. The summed E-state index contributed by atoms with van der Waals surface area (Å²) in [6, 6.07) is 2.25. The average molecular weight is 279 g/mol. The van der Waals surface area contributed by atoms with Gasteiger partial charge >= 0.3 is 0 Å². The monoisotopic (exact) mass is 279 g/mol. The van der Waals surface area contributed by atoms with Crippen molar-refractivity contribution in [1.82, 2.24) is 9.88 Å². The highest BCUT2D eigenvalue weighted by atomic mass is 16.5. The van der Waals surface area contributed by atoms with E-state index in [-0.39, 0.29) is 0 Å². The SMILES string of the molecule is COc1ccnc(CN2CCC(C)CC2CN)c1OC. The molecule has 112 valence electrons. The molecule has 2 rings (SSSR count). The zero-order valence-electron chi connectivity index (χ0n) is 12.6. The van der Waals surface area contributed by atoms with Gasteiger partial charge in [0, 0.05) is 31.4 Å². The van der Waals surface area contributed by atoms with Gasteiger partial charge < -0.3 is 15.2 Å². The fourth-order valence-electron chi connectivity index (χ4n) is 2.91. The van der Waals surface area contributed by atoms with Crippen LogP contribution in [0.15, 0.2) is 12.3 Å². The van der Waals surface area contributed by atoms with E-state index in [0.717, 1.165) is 42.6 Å². The highest BCUT2D eigenvalue weighted by molar-refractivity contribution is 5.42. The number of ether oxygens (including phenoxy) is 2. The summed E-state index contributed by atoms with van der Waals surface area (Å²) >= 11 is 0. The first-order valence-electron chi connectivity index (χ1n) is 7.19. The molecule has 1 aromatic rings. The minimum atomic E-state index is 0.427. The third kappa shape index (κ3) is 3.22. The molecule has 2 unspecified atom stereocenters. The van der Waals surface area contributed by atoms with Gasteiger partial charge in [-0.3, -0.25) is 9.88 Å². The van der Waals surface area contributed by atoms with Crippen LogP contribution in [0.4, 0.5) is 0 Å². The second-order valence-electron chi connectivity index (χ2n) is 5.48. The summed E-state index contributed by atoms with van der Waals surface area (Å²) < 4.78 is 10.8. The molecule has 2 atom stereocenters. The van der Waals surface area contributed by atoms with Gasteiger partial charge in [0.1, 0.15) is 5.69 Å². The third-order valence-electron chi connectivity index (χ3n) is 4.09. The molecule has 5 heteroatoms. The molecule has 0 saturated carbocycles. The lowest BCUT2D eigenvalue weighted by molar-refractivity contribution is 0.112. The minimum Gasteiger partial charge on any atom is -0.493 e. The van der Waals surface area contributed by atoms with Crippen LogP contribution >= 0.6 is 0 Å². The Bertz CT molecular complexity index is 439. The van der Waals surface area contributed by atoms with Crippen molar-refractivity contribution in [2.24, 2.45) is 11.7 Å². The van der Waals surface area contributed by atoms with Crippen molar-refractivity contribution in [2.45, 2.75) is 32.4 Å². The van der Waals surface area contributed by atoms with Crippen LogP contribution in [-0.2, 0) is 6.54 Å². The number of hydrogen-bond acceptors (Lipinski definition) is 5. The predicted octanol–water partition coefficient (Wildman–Crippen LogP) is 1.66. The molecule has 1 aliphatic rings. The van der Waals surface area contributed by atoms with Crippen LogP contribution in [0.1, 0.15) is 25.5 Å². The standard InChI is InChI=1S/C15H25N3O2/c1-11-5-7-18(12(8-11)9-16)10-13-15(20-3)14(19-2)4-6-17-13/h4,6,11-12H,5,7-10,16H2,1-3H3. The lowest BCUT2D eigenvalue weighted by Crippen LogP contribution is -2.45. The molecule has 2 heterocycles. The minimum absolute atomic E-state index is 0.427. The first-order valence-corrected chi connectivity index (χ1v) is 7.19. The van der Waals surface area contributed by atoms with Crippen LogP contribution in [0, 0.1) is 5.92 Å². The number of methoxy groups -OCH3 is 2. The number of aromatic nitrogens is 1. The topological polar surface area (TPSA) is 60.6 Å². The number of piperidine rings is 1. The molecule has 5 nitrogen and oxygen atoms in total. The number of hydrogen-bond donors (Lipinski definition) is 1. The van der Waals surface area contributed by atoms with Gasteiger partial charge in [-0.1, -0.05) is 6.92 Å². The van der Waals surface area contributed by atoms with Crippen LogP contribution in [0.5, 0.6) is 11.5 Å². The molecule has 1 aromatic heterocycles. The van der Waals surface area contributed by atoms with Crippen LogP contribution in [0.2, 0.25) is 0 Å². The van der Waals surface area contributed by atoms with Gasteiger partial charge in [-0.05, 0) is 25.3 Å². The van der Waals surface area contributed by atoms with Gasteiger partial charge in [-0.25, -0.2) is 0 Å². The zero-order valence-corrected chi connectivity index (χ0v) is 12.6. The molecule has 0 amide bonds. The van der Waals surface area contributed by atoms with Crippen LogP contribution in [0.25, 0.3) is 0 Å². The molecule has 20 heavy (non-hydrogen) atoms. The Kier molecular flexibility index (Phi) is 5.20. The first kappa shape index (κ1) is 15.1. The summed E-state index contributed by atoms with van der Waals surface area (Å²) in [6.45, 7) is 4.81. The van der Waals surface area contributed by atoms with E-state index in [0.29, 0.717) is 12.6 Å². The van der Waals surface area contributed by atoms with Crippen molar-refractivity contribution in [3.63, 3.8) is 0 Å². The molecule has 2 N–H and O–H groups in total. The van der Waals surface area contributed by atoms with E-state index in [2.05, 4.69) is 16.8 Å². The molecule has 1 aliphatic heterocycles. The number of nitrogens with zero attached hydrogens (tertiary/aromatic N) is 2. The predicted molar refractivity (Wildman–Crippen MR) is 79.0 cm³/mol. The molecule has 1 fully saturated rings. The van der Waals surface area contributed by atoms with E-state index >= 15 is 0 Å². The van der Waals surface area contributed by atoms with E-state index in [1.807, 2.05) is 6.07 Å². The average Bonchev–Trinajstić information content (AvgIpc) is 2.48. The summed E-state index contributed by atoms with van der Waals surface area (Å²) in [5.74, 6) is 2.21. The number of nitrogens with two attached hydrogens (primary N) is 1. The molecular weight excluding hydrogens is 254 g/mol. The maximum Gasteiger partial charge on any atom is 0.183 e. The smallest absolute Gasteiger partial charge is 0.183 e. The molecule has 0 bridgehead atoms. The van der Waals surface area contributed by atoms with Crippen molar-refractivity contribution < 1.29 is 9.47 Å². The molecular formula is C15H25N3O2. The van der Waals surface area contributed by atoms with Crippen molar-refractivity contribution in [2.75, 3.05) is 27.3 Å². The Labute approximate surface area is 121 Å². The summed E-state index contributed by atoms with van der Waals surface area (Å²) in [7, 11) is 3.30. The molecule has 0 aromatic carbocycles. The number of pyridine rings is 1. The van der Waals surface area contributed by atoms with Crippen molar-refractivity contribution in [3.05, 3.63) is 18.0 Å². The van der Waals surface area contributed by atoms with Gasteiger partial charge in [0.05, 0.1) is 14.2 Å². The molecule has 0 spiro atoms. The highest BCUT2D eigenvalue weighted by Gasteiger charge is 2.26. The Morgan fingerprint density at radius 3 is 2.85 bits per heavy atom. The van der Waals surface area contributed by atoms with E-state index < -0.39 is 0 Å². The van der Waals surface area contributed by atoms with E-state index in [4.69, 9.17) is 15.2 Å². The van der Waals surface area contributed by atoms with Gasteiger partial charge in [0.25, 0.3) is 0 Å². The largest absolute Gasteiger partial charge is 0.493 e. The Balaban J connectivity index is 2.16. The van der Waals surface area contributed by atoms with Crippen molar-refractivity contribution >= 4 is 0 Å². The molecule has 1 saturated heterocycles. The van der Waals surface area contributed by atoms with E-state index in [9.17, 15) is 0 Å². The summed E-state index contributed by atoms with van der Waals surface area (Å²) in [6.07, 6.45) is 4.13. The Morgan fingerprint density at radius 1 is 1.40 bits per heavy atom. The summed E-state index contributed by atoms with van der Waals surface area (Å²) in [5, 5.41) is 0. The summed E-state index contributed by atoms with van der Waals surface area (Å²) in [5.41, 5.74) is 6.83. The summed E-state index contributed by atoms with van der Waals surface area (Å²) in [4.78, 5) is 6.86. The van der Waals surface area contributed by atoms with Crippen LogP contribution < -0.4 is 15.2 Å². The lowest BCUT2D eigenvalue weighted by Gasteiger charge is -2.37. The highest BCUT2D eigenvalue weighted by Crippen LogP contribution is 2.31. The lowest BCUT2D eigenvalue weighted by atomic mass is 9.92. The van der Waals surface area contributed by atoms with Gasteiger partial charge in [-0.2, -0.15) is 0 Å².